The third-order valence-corrected chi connectivity index (χ3v) is 4.37. The van der Waals surface area contributed by atoms with Gasteiger partial charge in [0.05, 0.1) is 7.11 Å². The summed E-state index contributed by atoms with van der Waals surface area (Å²) in [5.74, 6) is 0.913. The van der Waals surface area contributed by atoms with E-state index in [-0.39, 0.29) is 0 Å². The number of fused-ring (bicyclic) bond motifs is 5. The lowest BCUT2D eigenvalue weighted by Crippen LogP contribution is -1.88. The molecule has 0 radical (unpaired) electrons. The van der Waals surface area contributed by atoms with Gasteiger partial charge in [-0.05, 0) is 63.7 Å². The summed E-state index contributed by atoms with van der Waals surface area (Å²) in [6.07, 6.45) is 3.38. The SMILES string of the molecule is COc1ccc2c(ccc3c4c(ccc32)C(C)=CC4)c1. The van der Waals surface area contributed by atoms with Crippen LogP contribution in [0.1, 0.15) is 18.1 Å². The van der Waals surface area contributed by atoms with Gasteiger partial charge in [-0.1, -0.05) is 36.4 Å². The van der Waals surface area contributed by atoms with Crippen LogP contribution >= 0.6 is 0 Å². The molecule has 0 aromatic heterocycles. The van der Waals surface area contributed by atoms with Crippen LogP contribution < -0.4 is 4.74 Å². The fraction of sp³-hybridized carbons (Fsp3) is 0.158. The number of rotatable bonds is 1. The molecule has 0 N–H and O–H groups in total. The molecule has 0 unspecified atom stereocenters. The van der Waals surface area contributed by atoms with E-state index >= 15 is 0 Å². The van der Waals surface area contributed by atoms with E-state index in [9.17, 15) is 0 Å². The Balaban J connectivity index is 2.07. The van der Waals surface area contributed by atoms with Gasteiger partial charge in [-0.2, -0.15) is 0 Å². The largest absolute Gasteiger partial charge is 0.497 e. The third kappa shape index (κ3) is 1.50. The van der Waals surface area contributed by atoms with Crippen LogP contribution in [0.25, 0.3) is 27.1 Å². The van der Waals surface area contributed by atoms with Crippen molar-refractivity contribution in [3.63, 3.8) is 0 Å². The molecule has 3 aromatic carbocycles. The van der Waals surface area contributed by atoms with Crippen LogP contribution in [-0.2, 0) is 6.42 Å². The standard InChI is InChI=1S/C19H16O/c1-12-3-6-17-15(12)9-10-18-16-8-5-14(20-2)11-13(16)4-7-19(17)18/h3-5,7-11H,6H2,1-2H3. The lowest BCUT2D eigenvalue weighted by atomic mass is 9.95. The molecule has 0 atom stereocenters. The lowest BCUT2D eigenvalue weighted by Gasteiger charge is -2.10. The first-order chi connectivity index (χ1) is 9.78. The first kappa shape index (κ1) is 11.5. The number of ether oxygens (including phenoxy) is 1. The summed E-state index contributed by atoms with van der Waals surface area (Å²) in [6.45, 7) is 2.20. The van der Waals surface area contributed by atoms with Crippen LogP contribution in [0.4, 0.5) is 0 Å². The van der Waals surface area contributed by atoms with Gasteiger partial charge < -0.3 is 4.74 Å². The normalized spacial score (nSPS) is 13.6. The zero-order valence-corrected chi connectivity index (χ0v) is 11.7. The summed E-state index contributed by atoms with van der Waals surface area (Å²) in [7, 11) is 1.71. The highest BCUT2D eigenvalue weighted by Crippen LogP contribution is 2.36. The number of allylic oxidation sites excluding steroid dienone is 2. The molecule has 4 rings (SSSR count). The second kappa shape index (κ2) is 4.11. The highest BCUT2D eigenvalue weighted by molar-refractivity contribution is 6.10. The minimum absolute atomic E-state index is 0.913. The van der Waals surface area contributed by atoms with E-state index in [1.165, 1.54) is 38.2 Å². The molecule has 1 aliphatic rings. The summed E-state index contributed by atoms with van der Waals surface area (Å²) < 4.78 is 5.31. The first-order valence-corrected chi connectivity index (χ1v) is 6.97. The Kier molecular flexibility index (Phi) is 2.37. The van der Waals surface area contributed by atoms with Crippen molar-refractivity contribution >= 4 is 27.1 Å². The molecule has 0 spiro atoms. The molecule has 0 fully saturated rings. The van der Waals surface area contributed by atoms with Crippen molar-refractivity contribution in [1.82, 2.24) is 0 Å². The minimum atomic E-state index is 0.913. The Morgan fingerprint density at radius 1 is 0.900 bits per heavy atom. The predicted octanol–water partition coefficient (Wildman–Crippen LogP) is 4.96. The summed E-state index contributed by atoms with van der Waals surface area (Å²) >= 11 is 0. The number of hydrogen-bond acceptors (Lipinski definition) is 1. The maximum absolute atomic E-state index is 5.31. The number of hydrogen-bond donors (Lipinski definition) is 0. The van der Waals surface area contributed by atoms with E-state index in [0.717, 1.165) is 12.2 Å². The monoisotopic (exact) mass is 260 g/mol. The molecule has 98 valence electrons. The number of methoxy groups -OCH3 is 1. The highest BCUT2D eigenvalue weighted by Gasteiger charge is 2.14. The Morgan fingerprint density at radius 2 is 1.70 bits per heavy atom. The van der Waals surface area contributed by atoms with Crippen molar-refractivity contribution in [2.24, 2.45) is 0 Å². The molecule has 3 aromatic rings. The van der Waals surface area contributed by atoms with Crippen molar-refractivity contribution in [3.8, 4) is 5.75 Å². The van der Waals surface area contributed by atoms with E-state index < -0.39 is 0 Å². The molecule has 0 saturated heterocycles. The summed E-state index contributed by atoms with van der Waals surface area (Å²) in [5, 5.41) is 5.26. The van der Waals surface area contributed by atoms with Gasteiger partial charge in [0.1, 0.15) is 5.75 Å². The van der Waals surface area contributed by atoms with Crippen LogP contribution in [0.2, 0.25) is 0 Å². The zero-order chi connectivity index (χ0) is 13.7. The maximum Gasteiger partial charge on any atom is 0.119 e. The van der Waals surface area contributed by atoms with E-state index in [1.54, 1.807) is 7.11 Å². The molecule has 0 amide bonds. The van der Waals surface area contributed by atoms with Gasteiger partial charge in [0.2, 0.25) is 0 Å². The van der Waals surface area contributed by atoms with E-state index in [4.69, 9.17) is 4.74 Å². The highest BCUT2D eigenvalue weighted by atomic mass is 16.5. The molecule has 0 aliphatic heterocycles. The topological polar surface area (TPSA) is 9.23 Å². The molecule has 0 heterocycles. The molecular formula is C19H16O. The Morgan fingerprint density at radius 3 is 2.55 bits per heavy atom. The van der Waals surface area contributed by atoms with Crippen molar-refractivity contribution in [2.75, 3.05) is 7.11 Å². The van der Waals surface area contributed by atoms with Gasteiger partial charge in [-0.25, -0.2) is 0 Å². The molecule has 0 bridgehead atoms. The first-order valence-electron chi connectivity index (χ1n) is 6.97. The molecule has 1 nitrogen and oxygen atoms in total. The van der Waals surface area contributed by atoms with Crippen molar-refractivity contribution in [3.05, 3.63) is 59.7 Å². The van der Waals surface area contributed by atoms with Gasteiger partial charge >= 0.3 is 0 Å². The average molecular weight is 260 g/mol. The van der Waals surface area contributed by atoms with Crippen molar-refractivity contribution < 1.29 is 4.74 Å². The maximum atomic E-state index is 5.31. The third-order valence-electron chi connectivity index (χ3n) is 4.37. The van der Waals surface area contributed by atoms with Crippen molar-refractivity contribution in [1.29, 1.82) is 0 Å². The Bertz CT molecular complexity index is 872. The summed E-state index contributed by atoms with van der Waals surface area (Å²) in [5.41, 5.74) is 4.28. The van der Waals surface area contributed by atoms with Gasteiger partial charge in [0, 0.05) is 0 Å². The predicted molar refractivity (Wildman–Crippen MR) is 85.4 cm³/mol. The van der Waals surface area contributed by atoms with E-state index in [1.807, 2.05) is 6.07 Å². The fourth-order valence-corrected chi connectivity index (χ4v) is 3.27. The van der Waals surface area contributed by atoms with Crippen LogP contribution in [0, 0.1) is 0 Å². The van der Waals surface area contributed by atoms with Crippen LogP contribution in [0.15, 0.2) is 48.5 Å². The molecule has 1 heteroatoms. The van der Waals surface area contributed by atoms with Gasteiger partial charge in [-0.15, -0.1) is 0 Å². The molecule has 20 heavy (non-hydrogen) atoms. The van der Waals surface area contributed by atoms with Crippen molar-refractivity contribution in [2.45, 2.75) is 13.3 Å². The van der Waals surface area contributed by atoms with Crippen LogP contribution in [-0.4, -0.2) is 7.11 Å². The number of benzene rings is 3. The Hall–Kier alpha value is -2.28. The lowest BCUT2D eigenvalue weighted by molar-refractivity contribution is 0.415. The average Bonchev–Trinajstić information content (AvgIpc) is 2.88. The molecule has 0 saturated carbocycles. The van der Waals surface area contributed by atoms with Gasteiger partial charge in [0.15, 0.2) is 0 Å². The quantitative estimate of drug-likeness (QED) is 0.562. The minimum Gasteiger partial charge on any atom is -0.497 e. The van der Waals surface area contributed by atoms with Crippen LogP contribution in [0.3, 0.4) is 0 Å². The fourth-order valence-electron chi connectivity index (χ4n) is 3.27. The molecule has 1 aliphatic carbocycles. The van der Waals surface area contributed by atoms with Gasteiger partial charge in [0.25, 0.3) is 0 Å². The second-order valence-corrected chi connectivity index (χ2v) is 5.43. The Labute approximate surface area is 118 Å². The molecular weight excluding hydrogens is 244 g/mol. The summed E-state index contributed by atoms with van der Waals surface area (Å²) in [6, 6.07) is 15.3. The second-order valence-electron chi connectivity index (χ2n) is 5.43. The summed E-state index contributed by atoms with van der Waals surface area (Å²) in [4.78, 5) is 0. The van der Waals surface area contributed by atoms with Gasteiger partial charge in [-0.3, -0.25) is 0 Å². The zero-order valence-electron chi connectivity index (χ0n) is 11.7. The van der Waals surface area contributed by atoms with E-state index in [2.05, 4.69) is 49.4 Å². The smallest absolute Gasteiger partial charge is 0.119 e. The van der Waals surface area contributed by atoms with Crippen LogP contribution in [0.5, 0.6) is 5.75 Å². The van der Waals surface area contributed by atoms with E-state index in [0.29, 0.717) is 0 Å².